The van der Waals surface area contributed by atoms with Gasteiger partial charge < -0.3 is 4.74 Å². The summed E-state index contributed by atoms with van der Waals surface area (Å²) >= 11 is 5.66. The van der Waals surface area contributed by atoms with Crippen molar-refractivity contribution in [1.29, 1.82) is 0 Å². The largest absolute Gasteiger partial charge is 0.465 e. The van der Waals surface area contributed by atoms with E-state index in [1.807, 2.05) is 0 Å². The maximum Gasteiger partial charge on any atom is 0.234 e. The fourth-order valence-electron chi connectivity index (χ4n) is 1.28. The van der Waals surface area contributed by atoms with Crippen LogP contribution in [0, 0.1) is 0 Å². The van der Waals surface area contributed by atoms with Gasteiger partial charge in [0.25, 0.3) is 0 Å². The monoisotopic (exact) mass is 253 g/mol. The van der Waals surface area contributed by atoms with Gasteiger partial charge in [0.1, 0.15) is 6.67 Å². The molecular weight excluding hydrogens is 245 g/mol. The van der Waals surface area contributed by atoms with Crippen molar-refractivity contribution in [3.63, 3.8) is 0 Å². The number of ether oxygens (including phenoxy) is 1. The molecule has 0 bridgehead atoms. The van der Waals surface area contributed by atoms with E-state index in [2.05, 4.69) is 15.0 Å². The number of hydrogen-bond donors (Lipinski definition) is 0. The Hall–Kier alpha value is -1.75. The first-order valence-corrected chi connectivity index (χ1v) is 5.27. The smallest absolute Gasteiger partial charge is 0.234 e. The first-order chi connectivity index (χ1) is 8.29. The number of hydrogen-bond acceptors (Lipinski definition) is 4. The maximum absolute atomic E-state index is 12.9. The summed E-state index contributed by atoms with van der Waals surface area (Å²) in [6.45, 7) is -0.681. The summed E-state index contributed by atoms with van der Waals surface area (Å²) in [7, 11) is 0. The molecule has 0 aliphatic rings. The summed E-state index contributed by atoms with van der Waals surface area (Å²) in [5.41, 5.74) is 0.636. The highest BCUT2D eigenvalue weighted by molar-refractivity contribution is 6.29. The van der Waals surface area contributed by atoms with Crippen molar-refractivity contribution in [2.75, 3.05) is 6.67 Å². The number of nitrogens with zero attached hydrogens (tertiary/aromatic N) is 3. The zero-order chi connectivity index (χ0) is 12.1. The second-order valence-corrected chi connectivity index (χ2v) is 3.61. The van der Waals surface area contributed by atoms with Gasteiger partial charge in [-0.2, -0.15) is 4.98 Å². The molecule has 0 spiro atoms. The summed E-state index contributed by atoms with van der Waals surface area (Å²) in [4.78, 5) is 11.6. The van der Waals surface area contributed by atoms with Crippen molar-refractivity contribution < 1.29 is 9.13 Å². The third kappa shape index (κ3) is 3.10. The van der Waals surface area contributed by atoms with Gasteiger partial charge in [-0.15, -0.1) is 0 Å². The lowest BCUT2D eigenvalue weighted by atomic mass is 10.2. The van der Waals surface area contributed by atoms with Gasteiger partial charge in [0.15, 0.2) is 11.3 Å². The molecule has 1 atom stereocenters. The highest BCUT2D eigenvalue weighted by Crippen LogP contribution is 2.20. The summed E-state index contributed by atoms with van der Waals surface area (Å²) in [5, 5.41) is 0.200. The Balaban J connectivity index is 2.16. The van der Waals surface area contributed by atoms with E-state index in [-0.39, 0.29) is 11.0 Å². The molecular formula is C11H9ClFN3O. The first-order valence-electron chi connectivity index (χ1n) is 4.89. The molecule has 0 aliphatic carbocycles. The minimum absolute atomic E-state index is 0.184. The molecule has 0 saturated heterocycles. The number of halogens is 2. The number of alkyl halides is 1. The number of rotatable bonds is 4. The summed E-state index contributed by atoms with van der Waals surface area (Å²) in [5.74, 6) is 0.184. The van der Waals surface area contributed by atoms with Gasteiger partial charge in [0, 0.05) is 18.0 Å². The zero-order valence-corrected chi connectivity index (χ0v) is 9.51. The van der Waals surface area contributed by atoms with Gasteiger partial charge in [-0.3, -0.25) is 9.97 Å². The molecule has 2 aromatic rings. The van der Waals surface area contributed by atoms with Crippen LogP contribution in [0.2, 0.25) is 5.15 Å². The van der Waals surface area contributed by atoms with Crippen LogP contribution in [0.4, 0.5) is 4.39 Å². The van der Waals surface area contributed by atoms with Crippen LogP contribution in [-0.4, -0.2) is 21.6 Å². The quantitative estimate of drug-likeness (QED) is 0.840. The molecule has 1 unspecified atom stereocenters. The number of aromatic nitrogens is 3. The van der Waals surface area contributed by atoms with E-state index in [0.717, 1.165) is 0 Å². The summed E-state index contributed by atoms with van der Waals surface area (Å²) in [6.07, 6.45) is 5.16. The van der Waals surface area contributed by atoms with Gasteiger partial charge in [-0.25, -0.2) is 4.39 Å². The lowest BCUT2D eigenvalue weighted by molar-refractivity contribution is 0.159. The molecule has 0 aromatic carbocycles. The first kappa shape index (κ1) is 11.7. The molecule has 2 aromatic heterocycles. The molecule has 4 nitrogen and oxygen atoms in total. The Bertz CT molecular complexity index is 483. The predicted molar refractivity (Wildman–Crippen MR) is 60.6 cm³/mol. The molecule has 0 saturated carbocycles. The molecule has 0 aliphatic heterocycles. The van der Waals surface area contributed by atoms with Gasteiger partial charge in [-0.05, 0) is 6.07 Å². The van der Waals surface area contributed by atoms with Gasteiger partial charge in [-0.1, -0.05) is 17.7 Å². The number of pyridine rings is 1. The molecule has 0 fully saturated rings. The van der Waals surface area contributed by atoms with Crippen LogP contribution in [0.3, 0.4) is 0 Å². The van der Waals surface area contributed by atoms with Crippen LogP contribution >= 0.6 is 11.6 Å². The molecule has 0 amide bonds. The zero-order valence-electron chi connectivity index (χ0n) is 8.75. The van der Waals surface area contributed by atoms with E-state index in [1.165, 1.54) is 12.4 Å². The highest BCUT2D eigenvalue weighted by Gasteiger charge is 2.14. The van der Waals surface area contributed by atoms with Crippen molar-refractivity contribution in [1.82, 2.24) is 15.0 Å². The van der Waals surface area contributed by atoms with E-state index >= 15 is 0 Å². The van der Waals surface area contributed by atoms with E-state index in [4.69, 9.17) is 16.3 Å². The van der Waals surface area contributed by atoms with Crippen LogP contribution in [0.1, 0.15) is 11.7 Å². The predicted octanol–water partition coefficient (Wildman–Crippen LogP) is 2.61. The van der Waals surface area contributed by atoms with E-state index in [0.29, 0.717) is 5.56 Å². The molecule has 0 radical (unpaired) electrons. The van der Waals surface area contributed by atoms with Gasteiger partial charge in [0.05, 0.1) is 12.4 Å². The fourth-order valence-corrected chi connectivity index (χ4v) is 1.42. The Morgan fingerprint density at radius 3 is 2.82 bits per heavy atom. The topological polar surface area (TPSA) is 47.9 Å². The Labute approximate surface area is 102 Å². The van der Waals surface area contributed by atoms with Crippen molar-refractivity contribution in [2.24, 2.45) is 0 Å². The van der Waals surface area contributed by atoms with Crippen molar-refractivity contribution in [3.8, 4) is 5.88 Å². The standard InChI is InChI=1S/C11H9ClFN3O/c12-10-6-15-7-11(16-10)17-9(4-13)8-2-1-3-14-5-8/h1-3,5-7,9H,4H2. The minimum Gasteiger partial charge on any atom is -0.465 e. The average Bonchev–Trinajstić information content (AvgIpc) is 2.37. The van der Waals surface area contributed by atoms with Crippen molar-refractivity contribution in [2.45, 2.75) is 6.10 Å². The van der Waals surface area contributed by atoms with E-state index in [1.54, 1.807) is 24.5 Å². The highest BCUT2D eigenvalue weighted by atomic mass is 35.5. The Morgan fingerprint density at radius 2 is 2.18 bits per heavy atom. The molecule has 2 heterocycles. The SMILES string of the molecule is FCC(Oc1cncc(Cl)n1)c1cccnc1. The molecule has 17 heavy (non-hydrogen) atoms. The lowest BCUT2D eigenvalue weighted by Gasteiger charge is -2.14. The normalized spacial score (nSPS) is 12.1. The van der Waals surface area contributed by atoms with Crippen LogP contribution in [-0.2, 0) is 0 Å². The van der Waals surface area contributed by atoms with Crippen LogP contribution in [0.25, 0.3) is 0 Å². The van der Waals surface area contributed by atoms with Crippen molar-refractivity contribution in [3.05, 3.63) is 47.6 Å². The Morgan fingerprint density at radius 1 is 1.29 bits per heavy atom. The van der Waals surface area contributed by atoms with Crippen molar-refractivity contribution >= 4 is 11.6 Å². The van der Waals surface area contributed by atoms with Crippen LogP contribution in [0.15, 0.2) is 36.9 Å². The second kappa shape index (κ2) is 5.54. The fraction of sp³-hybridized carbons (Fsp3) is 0.182. The average molecular weight is 254 g/mol. The third-order valence-corrected chi connectivity index (χ3v) is 2.22. The second-order valence-electron chi connectivity index (χ2n) is 3.23. The van der Waals surface area contributed by atoms with Gasteiger partial charge >= 0.3 is 0 Å². The summed E-state index contributed by atoms with van der Waals surface area (Å²) in [6, 6.07) is 3.44. The van der Waals surface area contributed by atoms with E-state index < -0.39 is 12.8 Å². The van der Waals surface area contributed by atoms with Gasteiger partial charge in [0.2, 0.25) is 5.88 Å². The summed E-state index contributed by atoms with van der Waals surface area (Å²) < 4.78 is 18.3. The molecule has 2 rings (SSSR count). The van der Waals surface area contributed by atoms with Crippen LogP contribution in [0.5, 0.6) is 5.88 Å². The van der Waals surface area contributed by atoms with Crippen LogP contribution < -0.4 is 4.74 Å². The lowest BCUT2D eigenvalue weighted by Crippen LogP contribution is -2.11. The third-order valence-electron chi connectivity index (χ3n) is 2.04. The van der Waals surface area contributed by atoms with E-state index in [9.17, 15) is 4.39 Å². The maximum atomic E-state index is 12.9. The molecule has 0 N–H and O–H groups in total. The molecule has 6 heteroatoms. The Kier molecular flexibility index (Phi) is 3.82. The minimum atomic E-state index is -0.753. The molecule has 88 valence electrons.